The number of thioether (sulfide) groups is 1. The van der Waals surface area contributed by atoms with Gasteiger partial charge in [-0.1, -0.05) is 24.0 Å². The predicted octanol–water partition coefficient (Wildman–Crippen LogP) is 1.59. The number of ether oxygens (including phenoxy) is 1. The number of carbonyl (C=O) groups is 1. The van der Waals surface area contributed by atoms with Crippen molar-refractivity contribution in [1.29, 1.82) is 0 Å². The SMILES string of the molecule is COc1ccc(O)c(C=NN2C(=O)CSC2=S)c1. The molecule has 2 rings (SSSR count). The first-order valence-electron chi connectivity index (χ1n) is 5.02. The maximum atomic E-state index is 11.4. The molecule has 0 radical (unpaired) electrons. The second-order valence-corrected chi connectivity index (χ2v) is 5.04. The van der Waals surface area contributed by atoms with E-state index in [2.05, 4.69) is 5.10 Å². The normalized spacial score (nSPS) is 15.7. The Morgan fingerprint density at radius 2 is 2.39 bits per heavy atom. The second kappa shape index (κ2) is 5.36. The highest BCUT2D eigenvalue weighted by molar-refractivity contribution is 8.23. The van der Waals surface area contributed by atoms with Crippen LogP contribution in [0.1, 0.15) is 5.56 Å². The number of rotatable bonds is 3. The van der Waals surface area contributed by atoms with E-state index in [1.807, 2.05) is 0 Å². The molecule has 1 aromatic carbocycles. The summed E-state index contributed by atoms with van der Waals surface area (Å²) in [4.78, 5) is 11.4. The highest BCUT2D eigenvalue weighted by Gasteiger charge is 2.26. The third-order valence-electron chi connectivity index (χ3n) is 2.28. The third-order valence-corrected chi connectivity index (χ3v) is 3.61. The summed E-state index contributed by atoms with van der Waals surface area (Å²) in [6, 6.07) is 4.75. The lowest BCUT2D eigenvalue weighted by molar-refractivity contribution is -0.123. The van der Waals surface area contributed by atoms with Gasteiger partial charge in [-0.2, -0.15) is 10.1 Å². The lowest BCUT2D eigenvalue weighted by Crippen LogP contribution is -2.22. The summed E-state index contributed by atoms with van der Waals surface area (Å²) in [5, 5.41) is 14.8. The van der Waals surface area contributed by atoms with E-state index in [1.165, 1.54) is 31.2 Å². The number of hydrogen-bond acceptors (Lipinski definition) is 6. The largest absolute Gasteiger partial charge is 0.507 e. The smallest absolute Gasteiger partial charge is 0.259 e. The van der Waals surface area contributed by atoms with Crippen molar-refractivity contribution in [2.75, 3.05) is 12.9 Å². The topological polar surface area (TPSA) is 62.1 Å². The minimum atomic E-state index is -0.163. The Labute approximate surface area is 113 Å². The Bertz CT molecular complexity index is 515. The highest BCUT2D eigenvalue weighted by Crippen LogP contribution is 2.23. The number of methoxy groups -OCH3 is 1. The Morgan fingerprint density at radius 1 is 1.61 bits per heavy atom. The molecule has 0 bridgehead atoms. The fourth-order valence-electron chi connectivity index (χ4n) is 1.34. The van der Waals surface area contributed by atoms with E-state index in [4.69, 9.17) is 17.0 Å². The van der Waals surface area contributed by atoms with Crippen LogP contribution in [0.2, 0.25) is 0 Å². The summed E-state index contributed by atoms with van der Waals surface area (Å²) in [5.41, 5.74) is 0.460. The summed E-state index contributed by atoms with van der Waals surface area (Å²) in [6.07, 6.45) is 1.38. The summed E-state index contributed by atoms with van der Waals surface area (Å²) >= 11 is 6.25. The molecular formula is C11H10N2O3S2. The molecule has 0 saturated carbocycles. The third kappa shape index (κ3) is 2.62. The number of aromatic hydroxyl groups is 1. The van der Waals surface area contributed by atoms with E-state index in [9.17, 15) is 9.90 Å². The minimum Gasteiger partial charge on any atom is -0.507 e. The quantitative estimate of drug-likeness (QED) is 0.674. The standard InChI is InChI=1S/C11H10N2O3S2/c1-16-8-2-3-9(14)7(4-8)5-12-13-10(15)6-18-11(13)17/h2-5,14H,6H2,1H3. The van der Waals surface area contributed by atoms with Crippen molar-refractivity contribution in [3.05, 3.63) is 23.8 Å². The zero-order chi connectivity index (χ0) is 13.1. The van der Waals surface area contributed by atoms with Crippen LogP contribution in [0.5, 0.6) is 11.5 Å². The number of benzene rings is 1. The number of carbonyl (C=O) groups excluding carboxylic acids is 1. The van der Waals surface area contributed by atoms with Crippen molar-refractivity contribution in [2.24, 2.45) is 5.10 Å². The van der Waals surface area contributed by atoms with Crippen LogP contribution in [0, 0.1) is 0 Å². The van der Waals surface area contributed by atoms with E-state index in [-0.39, 0.29) is 11.7 Å². The predicted molar refractivity (Wildman–Crippen MR) is 74.2 cm³/mol. The second-order valence-electron chi connectivity index (χ2n) is 3.43. The van der Waals surface area contributed by atoms with Gasteiger partial charge in [-0.05, 0) is 18.2 Å². The van der Waals surface area contributed by atoms with Crippen molar-refractivity contribution in [3.8, 4) is 11.5 Å². The Kier molecular flexibility index (Phi) is 3.83. The van der Waals surface area contributed by atoms with E-state index in [0.29, 0.717) is 21.4 Å². The summed E-state index contributed by atoms with van der Waals surface area (Å²) in [6.45, 7) is 0. The fraction of sp³-hybridized carbons (Fsp3) is 0.182. The van der Waals surface area contributed by atoms with E-state index in [1.54, 1.807) is 12.1 Å². The molecule has 7 heteroatoms. The van der Waals surface area contributed by atoms with Gasteiger partial charge in [-0.15, -0.1) is 0 Å². The van der Waals surface area contributed by atoms with E-state index >= 15 is 0 Å². The first-order valence-corrected chi connectivity index (χ1v) is 6.42. The van der Waals surface area contributed by atoms with Crippen molar-refractivity contribution in [2.45, 2.75) is 0 Å². The molecule has 1 aromatic rings. The van der Waals surface area contributed by atoms with E-state index < -0.39 is 0 Å². The van der Waals surface area contributed by atoms with Gasteiger partial charge >= 0.3 is 0 Å². The van der Waals surface area contributed by atoms with Gasteiger partial charge in [0.15, 0.2) is 4.32 Å². The van der Waals surface area contributed by atoms with Gasteiger partial charge < -0.3 is 9.84 Å². The average Bonchev–Trinajstić information content (AvgIpc) is 2.68. The monoisotopic (exact) mass is 282 g/mol. The van der Waals surface area contributed by atoms with Crippen molar-refractivity contribution < 1.29 is 14.6 Å². The maximum absolute atomic E-state index is 11.4. The molecule has 5 nitrogen and oxygen atoms in total. The number of amides is 1. The van der Waals surface area contributed by atoms with Crippen LogP contribution in [0.15, 0.2) is 23.3 Å². The van der Waals surface area contributed by atoms with E-state index in [0.717, 1.165) is 5.01 Å². The molecule has 1 aliphatic heterocycles. The molecule has 1 fully saturated rings. The van der Waals surface area contributed by atoms with Gasteiger partial charge in [-0.3, -0.25) is 4.79 Å². The van der Waals surface area contributed by atoms with Crippen LogP contribution >= 0.6 is 24.0 Å². The molecule has 18 heavy (non-hydrogen) atoms. The lowest BCUT2D eigenvalue weighted by Gasteiger charge is -2.07. The molecule has 94 valence electrons. The lowest BCUT2D eigenvalue weighted by atomic mass is 10.2. The van der Waals surface area contributed by atoms with Crippen LogP contribution in [0.4, 0.5) is 0 Å². The van der Waals surface area contributed by atoms with Gasteiger partial charge in [0.05, 0.1) is 19.1 Å². The Balaban J connectivity index is 2.23. The molecule has 0 spiro atoms. The molecule has 1 heterocycles. The number of hydrazone groups is 1. The molecular weight excluding hydrogens is 272 g/mol. The summed E-state index contributed by atoms with van der Waals surface area (Å²) in [7, 11) is 1.53. The van der Waals surface area contributed by atoms with Gasteiger partial charge in [0.2, 0.25) is 0 Å². The molecule has 0 aliphatic carbocycles. The Morgan fingerprint density at radius 3 is 3.00 bits per heavy atom. The van der Waals surface area contributed by atoms with Crippen molar-refractivity contribution >= 4 is 40.4 Å². The number of nitrogens with zero attached hydrogens (tertiary/aromatic N) is 2. The molecule has 0 aromatic heterocycles. The first-order chi connectivity index (χ1) is 8.61. The van der Waals surface area contributed by atoms with Crippen LogP contribution in [-0.4, -0.2) is 39.4 Å². The van der Waals surface area contributed by atoms with Crippen LogP contribution < -0.4 is 4.74 Å². The summed E-state index contributed by atoms with van der Waals surface area (Å²) in [5.74, 6) is 0.799. The number of phenolic OH excluding ortho intramolecular Hbond substituents is 1. The summed E-state index contributed by atoms with van der Waals surface area (Å²) < 4.78 is 5.46. The molecule has 1 aliphatic rings. The van der Waals surface area contributed by atoms with Crippen LogP contribution in [0.3, 0.4) is 0 Å². The first kappa shape index (κ1) is 12.8. The van der Waals surface area contributed by atoms with Crippen molar-refractivity contribution in [1.82, 2.24) is 5.01 Å². The van der Waals surface area contributed by atoms with Crippen LogP contribution in [-0.2, 0) is 4.79 Å². The molecule has 1 N–H and O–H groups in total. The zero-order valence-corrected chi connectivity index (χ0v) is 11.1. The number of hydrogen-bond donors (Lipinski definition) is 1. The number of phenols is 1. The molecule has 0 atom stereocenters. The number of thiocarbonyl (C=S) groups is 1. The fourth-order valence-corrected chi connectivity index (χ4v) is 2.31. The van der Waals surface area contributed by atoms with Gasteiger partial charge in [0, 0.05) is 5.56 Å². The molecule has 0 unspecified atom stereocenters. The maximum Gasteiger partial charge on any atom is 0.259 e. The van der Waals surface area contributed by atoms with Crippen LogP contribution in [0.25, 0.3) is 0 Å². The molecule has 1 saturated heterocycles. The zero-order valence-electron chi connectivity index (χ0n) is 9.49. The average molecular weight is 282 g/mol. The van der Waals surface area contributed by atoms with Gasteiger partial charge in [0.25, 0.3) is 5.91 Å². The molecule has 1 amide bonds. The van der Waals surface area contributed by atoms with Gasteiger partial charge in [0.1, 0.15) is 11.5 Å². The minimum absolute atomic E-state index is 0.0600. The Hall–Kier alpha value is -1.60. The highest BCUT2D eigenvalue weighted by atomic mass is 32.2. The van der Waals surface area contributed by atoms with Gasteiger partial charge in [-0.25, -0.2) is 0 Å². The van der Waals surface area contributed by atoms with Crippen molar-refractivity contribution in [3.63, 3.8) is 0 Å².